The van der Waals surface area contributed by atoms with E-state index in [1.165, 1.54) is 12.1 Å². The molecule has 1 aliphatic heterocycles. The molecule has 3 aromatic rings. The Balaban J connectivity index is 1.70. The Kier molecular flexibility index (Phi) is 4.23. The number of ether oxygens (including phenoxy) is 1. The molecule has 0 fully saturated rings. The van der Waals surface area contributed by atoms with Crippen molar-refractivity contribution in [2.75, 3.05) is 12.4 Å². The molecule has 0 N–H and O–H groups in total. The lowest BCUT2D eigenvalue weighted by atomic mass is 10.1. The lowest BCUT2D eigenvalue weighted by Crippen LogP contribution is -2.13. The quantitative estimate of drug-likeness (QED) is 0.714. The summed E-state index contributed by atoms with van der Waals surface area (Å²) in [6.45, 7) is 2.58. The molecule has 1 aromatic heterocycles. The Morgan fingerprint density at radius 2 is 1.76 bits per heavy atom. The molecule has 0 aliphatic carbocycles. The lowest BCUT2D eigenvalue weighted by molar-refractivity contribution is 0.340. The van der Waals surface area contributed by atoms with Crippen LogP contribution in [0, 0.1) is 5.82 Å². The number of rotatable bonds is 4. The molecule has 0 amide bonds. The molecule has 126 valence electrons. The van der Waals surface area contributed by atoms with Gasteiger partial charge >= 0.3 is 0 Å². The maximum absolute atomic E-state index is 13.1. The summed E-state index contributed by atoms with van der Waals surface area (Å²) in [6, 6.07) is 14.0. The van der Waals surface area contributed by atoms with Crippen molar-refractivity contribution in [1.82, 2.24) is 14.9 Å². The molecule has 1 aliphatic rings. The van der Waals surface area contributed by atoms with Crippen molar-refractivity contribution in [3.05, 3.63) is 59.9 Å². The van der Waals surface area contributed by atoms with Crippen molar-refractivity contribution in [3.63, 3.8) is 0 Å². The van der Waals surface area contributed by atoms with Gasteiger partial charge in [-0.25, -0.2) is 4.39 Å². The van der Waals surface area contributed by atoms with Crippen LogP contribution in [0.3, 0.4) is 0 Å². The second-order valence-electron chi connectivity index (χ2n) is 5.42. The van der Waals surface area contributed by atoms with Gasteiger partial charge in [0.05, 0.1) is 12.3 Å². The van der Waals surface area contributed by atoms with Crippen molar-refractivity contribution < 1.29 is 9.13 Å². The minimum atomic E-state index is -0.257. The normalized spacial score (nSPS) is 13.3. The van der Waals surface area contributed by atoms with Gasteiger partial charge in [-0.15, -0.1) is 10.2 Å². The van der Waals surface area contributed by atoms with Gasteiger partial charge in [0.2, 0.25) is 5.16 Å². The molecule has 5 nitrogen and oxygen atoms in total. The molecular formula is C18H15FN4OS. The van der Waals surface area contributed by atoms with E-state index in [1.807, 2.05) is 31.2 Å². The van der Waals surface area contributed by atoms with E-state index in [1.54, 1.807) is 28.6 Å². The van der Waals surface area contributed by atoms with Crippen LogP contribution in [0.2, 0.25) is 0 Å². The van der Waals surface area contributed by atoms with E-state index in [-0.39, 0.29) is 5.82 Å². The van der Waals surface area contributed by atoms with Crippen LogP contribution in [0.4, 0.5) is 4.39 Å². The average molecular weight is 354 g/mol. The van der Waals surface area contributed by atoms with Gasteiger partial charge in [0.15, 0.2) is 5.82 Å². The topological polar surface area (TPSA) is 52.3 Å². The predicted molar refractivity (Wildman–Crippen MR) is 95.7 cm³/mol. The first-order valence-corrected chi connectivity index (χ1v) is 8.88. The number of hydrogen-bond donors (Lipinski definition) is 0. The van der Waals surface area contributed by atoms with Crippen LogP contribution in [0.1, 0.15) is 12.5 Å². The number of halogens is 1. The molecule has 0 saturated heterocycles. The number of aromatic nitrogens is 3. The van der Waals surface area contributed by atoms with Gasteiger partial charge in [0.25, 0.3) is 0 Å². The summed E-state index contributed by atoms with van der Waals surface area (Å²) in [7, 11) is 0. The minimum absolute atomic E-state index is 0.257. The largest absolute Gasteiger partial charge is 0.494 e. The third-order valence-electron chi connectivity index (χ3n) is 3.77. The SMILES string of the molecule is CCOc1ccc(-c2nnc3n2N=C(c2ccc(F)cc2)CS3)cc1. The second kappa shape index (κ2) is 6.68. The van der Waals surface area contributed by atoms with E-state index >= 15 is 0 Å². The van der Waals surface area contributed by atoms with Gasteiger partial charge in [-0.1, -0.05) is 23.9 Å². The monoisotopic (exact) mass is 354 g/mol. The molecular weight excluding hydrogens is 339 g/mol. The number of fused-ring (bicyclic) bond motifs is 1. The number of thioether (sulfide) groups is 1. The van der Waals surface area contributed by atoms with E-state index in [0.717, 1.165) is 27.7 Å². The van der Waals surface area contributed by atoms with Gasteiger partial charge in [-0.2, -0.15) is 9.78 Å². The maximum Gasteiger partial charge on any atom is 0.212 e. The van der Waals surface area contributed by atoms with Crippen LogP contribution in [0.25, 0.3) is 11.4 Å². The van der Waals surface area contributed by atoms with Gasteiger partial charge in [-0.05, 0) is 48.9 Å². The summed E-state index contributed by atoms with van der Waals surface area (Å²) < 4.78 is 20.3. The van der Waals surface area contributed by atoms with Crippen LogP contribution < -0.4 is 4.74 Å². The predicted octanol–water partition coefficient (Wildman–Crippen LogP) is 3.84. The van der Waals surface area contributed by atoms with Crippen LogP contribution in [0.15, 0.2) is 58.8 Å². The summed E-state index contributed by atoms with van der Waals surface area (Å²) in [4.78, 5) is 0. The second-order valence-corrected chi connectivity index (χ2v) is 6.36. The van der Waals surface area contributed by atoms with Crippen molar-refractivity contribution in [2.24, 2.45) is 5.10 Å². The van der Waals surface area contributed by atoms with Gasteiger partial charge in [0, 0.05) is 11.3 Å². The van der Waals surface area contributed by atoms with E-state index in [2.05, 4.69) is 15.3 Å². The highest BCUT2D eigenvalue weighted by Gasteiger charge is 2.20. The Morgan fingerprint density at radius 1 is 1.04 bits per heavy atom. The van der Waals surface area contributed by atoms with Crippen LogP contribution in [-0.2, 0) is 0 Å². The van der Waals surface area contributed by atoms with E-state index < -0.39 is 0 Å². The van der Waals surface area contributed by atoms with Gasteiger partial charge in [-0.3, -0.25) is 0 Å². The first-order valence-electron chi connectivity index (χ1n) is 7.90. The van der Waals surface area contributed by atoms with Crippen LogP contribution in [-0.4, -0.2) is 32.9 Å². The Hall–Kier alpha value is -2.67. The van der Waals surface area contributed by atoms with Crippen molar-refractivity contribution in [2.45, 2.75) is 12.1 Å². The first kappa shape index (κ1) is 15.8. The molecule has 0 unspecified atom stereocenters. The third-order valence-corrected chi connectivity index (χ3v) is 4.70. The molecule has 0 saturated carbocycles. The first-order chi connectivity index (χ1) is 12.2. The van der Waals surface area contributed by atoms with Crippen molar-refractivity contribution >= 4 is 17.5 Å². The standard InChI is InChI=1S/C18H15FN4OS/c1-2-24-15-9-5-13(6-10-15)17-20-21-18-23(17)22-16(11-25-18)12-3-7-14(19)8-4-12/h3-10H,2,11H2,1H3. The minimum Gasteiger partial charge on any atom is -0.494 e. The number of benzene rings is 2. The molecule has 2 heterocycles. The highest BCUT2D eigenvalue weighted by Crippen LogP contribution is 2.29. The number of hydrogen-bond acceptors (Lipinski definition) is 5. The zero-order valence-corrected chi connectivity index (χ0v) is 14.3. The molecule has 0 atom stereocenters. The smallest absolute Gasteiger partial charge is 0.212 e. The molecule has 0 radical (unpaired) electrons. The summed E-state index contributed by atoms with van der Waals surface area (Å²) in [5.41, 5.74) is 2.67. The number of nitrogens with zero attached hydrogens (tertiary/aromatic N) is 4. The average Bonchev–Trinajstić information content (AvgIpc) is 3.06. The van der Waals surface area contributed by atoms with Crippen molar-refractivity contribution in [1.29, 1.82) is 0 Å². The molecule has 2 aromatic carbocycles. The fourth-order valence-electron chi connectivity index (χ4n) is 2.56. The van der Waals surface area contributed by atoms with E-state index in [0.29, 0.717) is 18.2 Å². The van der Waals surface area contributed by atoms with Crippen LogP contribution >= 0.6 is 11.8 Å². The Labute approximate surface area is 148 Å². The van der Waals surface area contributed by atoms with E-state index in [9.17, 15) is 4.39 Å². The van der Waals surface area contributed by atoms with Gasteiger partial charge in [0.1, 0.15) is 11.6 Å². The summed E-state index contributed by atoms with van der Waals surface area (Å²) in [5, 5.41) is 13.9. The van der Waals surface area contributed by atoms with E-state index in [4.69, 9.17) is 4.74 Å². The third kappa shape index (κ3) is 3.15. The maximum atomic E-state index is 13.1. The molecule has 0 spiro atoms. The fourth-order valence-corrected chi connectivity index (χ4v) is 3.40. The van der Waals surface area contributed by atoms with Crippen LogP contribution in [0.5, 0.6) is 5.75 Å². The molecule has 4 rings (SSSR count). The Morgan fingerprint density at radius 3 is 2.48 bits per heavy atom. The van der Waals surface area contributed by atoms with Crippen molar-refractivity contribution in [3.8, 4) is 17.1 Å². The Bertz CT molecular complexity index is 919. The molecule has 25 heavy (non-hydrogen) atoms. The molecule has 0 bridgehead atoms. The van der Waals surface area contributed by atoms with Gasteiger partial charge < -0.3 is 4.74 Å². The highest BCUT2D eigenvalue weighted by molar-refractivity contribution is 7.99. The lowest BCUT2D eigenvalue weighted by Gasteiger charge is -2.14. The highest BCUT2D eigenvalue weighted by atomic mass is 32.2. The molecule has 7 heteroatoms. The zero-order chi connectivity index (χ0) is 17.2. The fraction of sp³-hybridized carbons (Fsp3) is 0.167. The summed E-state index contributed by atoms with van der Waals surface area (Å²) in [5.74, 6) is 1.90. The summed E-state index contributed by atoms with van der Waals surface area (Å²) in [6.07, 6.45) is 0. The summed E-state index contributed by atoms with van der Waals surface area (Å²) >= 11 is 1.56. The zero-order valence-electron chi connectivity index (χ0n) is 13.5.